The Morgan fingerprint density at radius 1 is 1.15 bits per heavy atom. The van der Waals surface area contributed by atoms with Gasteiger partial charge in [0.05, 0.1) is 14.2 Å². The molecule has 2 N–H and O–H groups in total. The molecular formula is C24H30FN3O4S. The van der Waals surface area contributed by atoms with Crippen molar-refractivity contribution >= 4 is 29.4 Å². The molecule has 178 valence electrons. The minimum absolute atomic E-state index is 0.313. The second-order valence-corrected chi connectivity index (χ2v) is 8.87. The largest absolute Gasteiger partial charge is 0.493 e. The fourth-order valence-corrected chi connectivity index (χ4v) is 4.17. The van der Waals surface area contributed by atoms with Crippen LogP contribution in [0.25, 0.3) is 0 Å². The van der Waals surface area contributed by atoms with E-state index in [0.717, 1.165) is 11.1 Å². The lowest BCUT2D eigenvalue weighted by molar-refractivity contribution is -0.118. The molecule has 7 nitrogen and oxygen atoms in total. The predicted octanol–water partition coefficient (Wildman–Crippen LogP) is 3.98. The fourth-order valence-electron chi connectivity index (χ4n) is 3.70. The minimum atomic E-state index is -0.735. The molecule has 0 radical (unpaired) electrons. The molecule has 0 bridgehead atoms. The number of benzene rings is 2. The first kappa shape index (κ1) is 24.7. The zero-order valence-corrected chi connectivity index (χ0v) is 20.2. The van der Waals surface area contributed by atoms with Gasteiger partial charge in [0.1, 0.15) is 11.9 Å². The van der Waals surface area contributed by atoms with Gasteiger partial charge in [0.2, 0.25) is 5.91 Å². The molecule has 1 aliphatic rings. The number of hydrogen-bond acceptors (Lipinski definition) is 5. The molecule has 0 aromatic heterocycles. The van der Waals surface area contributed by atoms with Crippen LogP contribution < -0.4 is 20.1 Å². The standard InChI is InChI=1S/C24H30FN3O4S/c1-15-5-6-18(13-19(15)25)26-23(29)20(8-10-33-4)27-24(30)28-9-7-16-11-21(31-2)22(32-3)12-17(16)14-28/h5-6,11-13,20H,7-10,14H2,1-4H3,(H,26,29)(H,27,30)/t20-/m1/s1. The average molecular weight is 476 g/mol. The summed E-state index contributed by atoms with van der Waals surface area (Å²) < 4.78 is 24.6. The van der Waals surface area contributed by atoms with Gasteiger partial charge in [-0.3, -0.25) is 4.79 Å². The van der Waals surface area contributed by atoms with Gasteiger partial charge < -0.3 is 25.0 Å². The summed E-state index contributed by atoms with van der Waals surface area (Å²) in [6, 6.07) is 7.31. The van der Waals surface area contributed by atoms with Gasteiger partial charge in [0, 0.05) is 18.8 Å². The molecule has 9 heteroatoms. The topological polar surface area (TPSA) is 79.9 Å². The van der Waals surface area contributed by atoms with E-state index in [2.05, 4.69) is 10.6 Å². The number of carbonyl (C=O) groups is 2. The summed E-state index contributed by atoms with van der Waals surface area (Å²) in [7, 11) is 3.17. The number of amides is 3. The van der Waals surface area contributed by atoms with Gasteiger partial charge in [0.25, 0.3) is 0 Å². The van der Waals surface area contributed by atoms with Gasteiger partial charge in [-0.1, -0.05) is 6.07 Å². The van der Waals surface area contributed by atoms with Gasteiger partial charge in [-0.05, 0) is 72.7 Å². The number of halogens is 1. The van der Waals surface area contributed by atoms with Gasteiger partial charge in [0.15, 0.2) is 11.5 Å². The number of methoxy groups -OCH3 is 2. The number of nitrogens with zero attached hydrogens (tertiary/aromatic N) is 1. The van der Waals surface area contributed by atoms with E-state index in [0.29, 0.717) is 54.4 Å². The van der Waals surface area contributed by atoms with Crippen LogP contribution >= 0.6 is 11.8 Å². The number of rotatable bonds is 8. The predicted molar refractivity (Wildman–Crippen MR) is 129 cm³/mol. The molecule has 0 unspecified atom stereocenters. The zero-order chi connectivity index (χ0) is 24.0. The number of thioether (sulfide) groups is 1. The lowest BCUT2D eigenvalue weighted by Gasteiger charge is -2.31. The van der Waals surface area contributed by atoms with E-state index in [1.807, 2.05) is 18.4 Å². The highest BCUT2D eigenvalue weighted by Gasteiger charge is 2.27. The normalized spacial score (nSPS) is 13.7. The molecule has 1 atom stereocenters. The van der Waals surface area contributed by atoms with Crippen molar-refractivity contribution in [3.63, 3.8) is 0 Å². The maximum Gasteiger partial charge on any atom is 0.318 e. The first-order valence-electron chi connectivity index (χ1n) is 10.7. The first-order chi connectivity index (χ1) is 15.9. The van der Waals surface area contributed by atoms with E-state index < -0.39 is 11.9 Å². The van der Waals surface area contributed by atoms with E-state index in [1.54, 1.807) is 49.9 Å². The lowest BCUT2D eigenvalue weighted by Crippen LogP contribution is -2.50. The monoisotopic (exact) mass is 475 g/mol. The average Bonchev–Trinajstić information content (AvgIpc) is 2.82. The molecule has 0 saturated carbocycles. The summed E-state index contributed by atoms with van der Waals surface area (Å²) in [6.45, 7) is 2.58. The quantitative estimate of drug-likeness (QED) is 0.604. The van der Waals surface area contributed by atoms with Crippen LogP contribution in [0.2, 0.25) is 0 Å². The summed E-state index contributed by atoms with van der Waals surface area (Å²) >= 11 is 1.59. The molecule has 33 heavy (non-hydrogen) atoms. The van der Waals surface area contributed by atoms with Crippen molar-refractivity contribution in [2.45, 2.75) is 32.4 Å². The lowest BCUT2D eigenvalue weighted by atomic mass is 9.99. The van der Waals surface area contributed by atoms with Crippen LogP contribution in [0.1, 0.15) is 23.1 Å². The van der Waals surface area contributed by atoms with E-state index in [1.165, 1.54) is 6.07 Å². The maximum absolute atomic E-state index is 13.9. The summed E-state index contributed by atoms with van der Waals surface area (Å²) in [4.78, 5) is 27.6. The van der Waals surface area contributed by atoms with Crippen LogP contribution in [0, 0.1) is 12.7 Å². The SMILES string of the molecule is COc1cc2c(cc1OC)CN(C(=O)N[C@H](CCSC)C(=O)Nc1ccc(C)c(F)c1)CC2. The molecule has 0 saturated heterocycles. The minimum Gasteiger partial charge on any atom is -0.493 e. The fraction of sp³-hybridized carbons (Fsp3) is 0.417. The Bertz CT molecular complexity index is 1020. The second-order valence-electron chi connectivity index (χ2n) is 7.88. The van der Waals surface area contributed by atoms with Crippen LogP contribution in [-0.4, -0.2) is 55.7 Å². The highest BCUT2D eigenvalue weighted by atomic mass is 32.2. The summed E-state index contributed by atoms with van der Waals surface area (Å²) in [5, 5.41) is 5.58. The third-order valence-electron chi connectivity index (χ3n) is 5.67. The Labute approximate surface area is 198 Å². The van der Waals surface area contributed by atoms with E-state index in [-0.39, 0.29) is 11.9 Å². The van der Waals surface area contributed by atoms with Crippen LogP contribution in [0.15, 0.2) is 30.3 Å². The molecule has 0 fully saturated rings. The molecular weight excluding hydrogens is 445 g/mol. The van der Waals surface area contributed by atoms with Crippen molar-refractivity contribution in [3.05, 3.63) is 52.8 Å². The number of aryl methyl sites for hydroxylation is 1. The highest BCUT2D eigenvalue weighted by molar-refractivity contribution is 7.98. The van der Waals surface area contributed by atoms with Gasteiger partial charge in [-0.2, -0.15) is 11.8 Å². The molecule has 2 aromatic carbocycles. The Kier molecular flexibility index (Phi) is 8.43. The summed E-state index contributed by atoms with van der Waals surface area (Å²) in [5.74, 6) is 1.21. The van der Waals surface area contributed by atoms with Crippen molar-refractivity contribution in [3.8, 4) is 11.5 Å². The van der Waals surface area contributed by atoms with Gasteiger partial charge in [-0.25, -0.2) is 9.18 Å². The molecule has 0 aliphatic carbocycles. The molecule has 3 amide bonds. The highest BCUT2D eigenvalue weighted by Crippen LogP contribution is 2.33. The molecule has 0 spiro atoms. The maximum atomic E-state index is 13.9. The molecule has 1 aliphatic heterocycles. The van der Waals surface area contributed by atoms with Crippen LogP contribution in [-0.2, 0) is 17.8 Å². The number of hydrogen-bond donors (Lipinski definition) is 2. The van der Waals surface area contributed by atoms with E-state index >= 15 is 0 Å². The van der Waals surface area contributed by atoms with E-state index in [9.17, 15) is 14.0 Å². The molecule has 1 heterocycles. The van der Waals surface area contributed by atoms with Crippen molar-refractivity contribution in [2.75, 3.05) is 38.1 Å². The van der Waals surface area contributed by atoms with Crippen molar-refractivity contribution in [1.82, 2.24) is 10.2 Å². The third kappa shape index (κ3) is 6.10. The number of carbonyl (C=O) groups excluding carboxylic acids is 2. The van der Waals surface area contributed by atoms with Gasteiger partial charge >= 0.3 is 6.03 Å². The van der Waals surface area contributed by atoms with Crippen molar-refractivity contribution in [1.29, 1.82) is 0 Å². The second kappa shape index (κ2) is 11.3. The van der Waals surface area contributed by atoms with Gasteiger partial charge in [-0.15, -0.1) is 0 Å². The summed E-state index contributed by atoms with van der Waals surface area (Å²) in [5.41, 5.74) is 2.95. The number of urea groups is 1. The van der Waals surface area contributed by atoms with Crippen molar-refractivity contribution < 1.29 is 23.5 Å². The first-order valence-corrected chi connectivity index (χ1v) is 12.1. The Hall–Kier alpha value is -2.94. The Morgan fingerprint density at radius 3 is 2.48 bits per heavy atom. The number of ether oxygens (including phenoxy) is 2. The van der Waals surface area contributed by atoms with E-state index in [4.69, 9.17) is 9.47 Å². The van der Waals surface area contributed by atoms with Crippen molar-refractivity contribution in [2.24, 2.45) is 0 Å². The number of fused-ring (bicyclic) bond motifs is 1. The summed E-state index contributed by atoms with van der Waals surface area (Å²) in [6.07, 6.45) is 3.07. The molecule has 3 rings (SSSR count). The zero-order valence-electron chi connectivity index (χ0n) is 19.4. The number of nitrogens with one attached hydrogen (secondary N) is 2. The number of anilines is 1. The Balaban J connectivity index is 1.69. The van der Waals surface area contributed by atoms with Crippen LogP contribution in [0.3, 0.4) is 0 Å². The van der Waals surface area contributed by atoms with Crippen LogP contribution in [0.5, 0.6) is 11.5 Å². The smallest absolute Gasteiger partial charge is 0.318 e. The molecule has 2 aromatic rings. The van der Waals surface area contributed by atoms with Crippen LogP contribution in [0.4, 0.5) is 14.9 Å². The third-order valence-corrected chi connectivity index (χ3v) is 6.31. The Morgan fingerprint density at radius 2 is 1.85 bits per heavy atom.